The molecule has 2 heterocycles. The first-order valence-corrected chi connectivity index (χ1v) is 6.75. The number of piperidine rings is 1. The van der Waals surface area contributed by atoms with Gasteiger partial charge in [-0.15, -0.1) is 0 Å². The molecule has 3 unspecified atom stereocenters. The molecule has 0 saturated carbocycles. The molecule has 3 nitrogen and oxygen atoms in total. The summed E-state index contributed by atoms with van der Waals surface area (Å²) in [5, 5.41) is 3.50. The van der Waals surface area contributed by atoms with Gasteiger partial charge in [0.25, 0.3) is 0 Å². The molecule has 16 heavy (non-hydrogen) atoms. The lowest BCUT2D eigenvalue weighted by Crippen LogP contribution is -2.51. The molecule has 3 atom stereocenters. The van der Waals surface area contributed by atoms with Gasteiger partial charge in [-0.25, -0.2) is 0 Å². The van der Waals surface area contributed by atoms with Gasteiger partial charge in [0.1, 0.15) is 0 Å². The van der Waals surface area contributed by atoms with Crippen LogP contribution in [0.1, 0.15) is 39.5 Å². The summed E-state index contributed by atoms with van der Waals surface area (Å²) >= 11 is 0. The molecule has 0 aromatic heterocycles. The molecule has 0 aromatic carbocycles. The third-order valence-electron chi connectivity index (χ3n) is 4.10. The van der Waals surface area contributed by atoms with Crippen molar-refractivity contribution >= 4 is 0 Å². The number of nitrogens with zero attached hydrogens (tertiary/aromatic N) is 1. The Balaban J connectivity index is 1.89. The van der Waals surface area contributed by atoms with Crippen molar-refractivity contribution in [3.8, 4) is 0 Å². The normalized spacial score (nSPS) is 41.2. The lowest BCUT2D eigenvalue weighted by Gasteiger charge is -2.42. The van der Waals surface area contributed by atoms with Gasteiger partial charge >= 0.3 is 0 Å². The minimum atomic E-state index is 0.424. The van der Waals surface area contributed by atoms with E-state index >= 15 is 0 Å². The van der Waals surface area contributed by atoms with E-state index in [0.717, 1.165) is 12.6 Å². The highest BCUT2D eigenvalue weighted by molar-refractivity contribution is 4.85. The topological polar surface area (TPSA) is 24.5 Å². The number of ether oxygens (including phenoxy) is 1. The molecule has 0 bridgehead atoms. The predicted molar refractivity (Wildman–Crippen MR) is 66.7 cm³/mol. The maximum Gasteiger partial charge on any atom is 0.0565 e. The Bertz CT molecular complexity index is 206. The zero-order chi connectivity index (χ0) is 11.5. The number of rotatable bonds is 2. The number of likely N-dealkylation sites (N-methyl/N-ethyl adjacent to an activating group) is 1. The van der Waals surface area contributed by atoms with E-state index in [1.807, 2.05) is 0 Å². The average Bonchev–Trinajstić information content (AvgIpc) is 2.28. The maximum absolute atomic E-state index is 5.81. The fraction of sp³-hybridized carbons (Fsp3) is 1.00. The molecule has 1 N–H and O–H groups in total. The molecule has 94 valence electrons. The van der Waals surface area contributed by atoms with Crippen LogP contribution in [0.2, 0.25) is 0 Å². The predicted octanol–water partition coefficient (Wildman–Crippen LogP) is 1.63. The van der Waals surface area contributed by atoms with Gasteiger partial charge in [-0.3, -0.25) is 4.90 Å². The molecular formula is C13H26N2O. The van der Waals surface area contributed by atoms with Crippen LogP contribution < -0.4 is 5.32 Å². The van der Waals surface area contributed by atoms with E-state index < -0.39 is 0 Å². The van der Waals surface area contributed by atoms with Crippen molar-refractivity contribution in [1.29, 1.82) is 0 Å². The maximum atomic E-state index is 5.81. The molecule has 0 spiro atoms. The Kier molecular flexibility index (Phi) is 4.22. The van der Waals surface area contributed by atoms with E-state index in [2.05, 4.69) is 31.1 Å². The Morgan fingerprint density at radius 2 is 1.81 bits per heavy atom. The average molecular weight is 226 g/mol. The van der Waals surface area contributed by atoms with Crippen molar-refractivity contribution in [2.45, 2.75) is 63.8 Å². The van der Waals surface area contributed by atoms with Crippen molar-refractivity contribution in [3.63, 3.8) is 0 Å². The molecule has 0 amide bonds. The van der Waals surface area contributed by atoms with E-state index in [1.54, 1.807) is 0 Å². The standard InChI is InChI=1S/C13H26N2O/c1-10-7-13(8-11(2)16-10)15(3)12-5-4-6-14-9-12/h10-14H,4-9H2,1-3H3. The third-order valence-corrected chi connectivity index (χ3v) is 4.10. The largest absolute Gasteiger partial charge is 0.375 e. The van der Waals surface area contributed by atoms with Gasteiger partial charge in [0, 0.05) is 18.6 Å². The van der Waals surface area contributed by atoms with Crippen molar-refractivity contribution in [3.05, 3.63) is 0 Å². The van der Waals surface area contributed by atoms with Crippen molar-refractivity contribution < 1.29 is 4.74 Å². The van der Waals surface area contributed by atoms with Gasteiger partial charge < -0.3 is 10.1 Å². The van der Waals surface area contributed by atoms with Crippen molar-refractivity contribution in [2.24, 2.45) is 0 Å². The first-order valence-electron chi connectivity index (χ1n) is 6.75. The quantitative estimate of drug-likeness (QED) is 0.774. The Morgan fingerprint density at radius 3 is 2.38 bits per heavy atom. The van der Waals surface area contributed by atoms with Crippen molar-refractivity contribution in [2.75, 3.05) is 20.1 Å². The first-order chi connectivity index (χ1) is 7.66. The first kappa shape index (κ1) is 12.3. The van der Waals surface area contributed by atoms with Crippen LogP contribution in [0.4, 0.5) is 0 Å². The molecule has 2 saturated heterocycles. The van der Waals surface area contributed by atoms with Gasteiger partial charge in [-0.2, -0.15) is 0 Å². The van der Waals surface area contributed by atoms with Crippen LogP contribution in [0, 0.1) is 0 Å². The highest BCUT2D eigenvalue weighted by atomic mass is 16.5. The highest BCUT2D eigenvalue weighted by Gasteiger charge is 2.30. The summed E-state index contributed by atoms with van der Waals surface area (Å²) in [6, 6.07) is 1.44. The van der Waals surface area contributed by atoms with E-state index in [9.17, 15) is 0 Å². The van der Waals surface area contributed by atoms with E-state index in [4.69, 9.17) is 4.74 Å². The lowest BCUT2D eigenvalue weighted by atomic mass is 9.95. The Labute approximate surface area is 99.5 Å². The summed E-state index contributed by atoms with van der Waals surface area (Å²) in [7, 11) is 2.30. The molecule has 2 rings (SSSR count). The van der Waals surface area contributed by atoms with Crippen LogP contribution >= 0.6 is 0 Å². The zero-order valence-corrected chi connectivity index (χ0v) is 10.9. The molecule has 2 aliphatic rings. The summed E-state index contributed by atoms with van der Waals surface area (Å²) in [4.78, 5) is 2.60. The van der Waals surface area contributed by atoms with Crippen LogP contribution in [-0.2, 0) is 4.74 Å². The van der Waals surface area contributed by atoms with Gasteiger partial charge in [0.15, 0.2) is 0 Å². The number of hydrogen-bond donors (Lipinski definition) is 1. The minimum Gasteiger partial charge on any atom is -0.375 e. The van der Waals surface area contributed by atoms with Crippen LogP contribution in [0.15, 0.2) is 0 Å². The fourth-order valence-electron chi connectivity index (χ4n) is 3.18. The third kappa shape index (κ3) is 2.96. The molecule has 2 fully saturated rings. The van der Waals surface area contributed by atoms with Crippen LogP contribution in [0.3, 0.4) is 0 Å². The zero-order valence-electron chi connectivity index (χ0n) is 10.9. The Hall–Kier alpha value is -0.120. The molecule has 3 heteroatoms. The monoisotopic (exact) mass is 226 g/mol. The number of nitrogens with one attached hydrogen (secondary N) is 1. The van der Waals surface area contributed by atoms with Crippen LogP contribution in [-0.4, -0.2) is 49.3 Å². The minimum absolute atomic E-state index is 0.424. The van der Waals surface area contributed by atoms with Crippen molar-refractivity contribution in [1.82, 2.24) is 10.2 Å². The molecule has 2 aliphatic heterocycles. The molecule has 0 aliphatic carbocycles. The molecular weight excluding hydrogens is 200 g/mol. The number of hydrogen-bond acceptors (Lipinski definition) is 3. The van der Waals surface area contributed by atoms with E-state index in [1.165, 1.54) is 32.2 Å². The highest BCUT2D eigenvalue weighted by Crippen LogP contribution is 2.25. The van der Waals surface area contributed by atoms with Crippen LogP contribution in [0.25, 0.3) is 0 Å². The summed E-state index contributed by atoms with van der Waals surface area (Å²) in [5.41, 5.74) is 0. The van der Waals surface area contributed by atoms with E-state index in [0.29, 0.717) is 18.2 Å². The summed E-state index contributed by atoms with van der Waals surface area (Å²) in [6.45, 7) is 6.77. The van der Waals surface area contributed by atoms with Gasteiger partial charge in [-0.1, -0.05) is 0 Å². The summed E-state index contributed by atoms with van der Waals surface area (Å²) < 4.78 is 5.81. The van der Waals surface area contributed by atoms with E-state index in [-0.39, 0.29) is 0 Å². The van der Waals surface area contributed by atoms with Crippen LogP contribution in [0.5, 0.6) is 0 Å². The molecule has 0 aromatic rings. The lowest BCUT2D eigenvalue weighted by molar-refractivity contribution is -0.0684. The summed E-state index contributed by atoms with van der Waals surface area (Å²) in [6.07, 6.45) is 5.90. The second-order valence-electron chi connectivity index (χ2n) is 5.55. The molecule has 0 radical (unpaired) electrons. The van der Waals surface area contributed by atoms with Gasteiger partial charge in [0.05, 0.1) is 12.2 Å². The Morgan fingerprint density at radius 1 is 1.12 bits per heavy atom. The summed E-state index contributed by atoms with van der Waals surface area (Å²) in [5.74, 6) is 0. The van der Waals surface area contributed by atoms with Gasteiger partial charge in [-0.05, 0) is 53.1 Å². The smallest absolute Gasteiger partial charge is 0.0565 e. The second-order valence-corrected chi connectivity index (χ2v) is 5.55. The van der Waals surface area contributed by atoms with Gasteiger partial charge in [0.2, 0.25) is 0 Å². The second kappa shape index (κ2) is 5.48. The SMILES string of the molecule is CC1CC(N(C)C2CCCNC2)CC(C)O1. The fourth-order valence-corrected chi connectivity index (χ4v) is 3.18.